The molecule has 0 fully saturated rings. The molecule has 0 saturated carbocycles. The van der Waals surface area contributed by atoms with Gasteiger partial charge in [-0.3, -0.25) is 0 Å². The highest BCUT2D eigenvalue weighted by Gasteiger charge is 2.04. The van der Waals surface area contributed by atoms with Crippen LogP contribution in [-0.2, 0) is 17.9 Å². The minimum Gasteiger partial charge on any atom is -0.380 e. The molecule has 0 aliphatic carbocycles. The first-order chi connectivity index (χ1) is 6.29. The van der Waals surface area contributed by atoms with Crippen molar-refractivity contribution < 1.29 is 9.94 Å². The van der Waals surface area contributed by atoms with Gasteiger partial charge in [-0.25, -0.2) is 5.48 Å². The fraction of sp³-hybridized carbons (Fsp3) is 0.333. The maximum absolute atomic E-state index is 8.63. The van der Waals surface area contributed by atoms with E-state index in [0.29, 0.717) is 13.2 Å². The molecule has 0 aliphatic rings. The Morgan fingerprint density at radius 2 is 2.31 bits per heavy atom. The minimum absolute atomic E-state index is 0.417. The molecule has 3 nitrogen and oxygen atoms in total. The third-order valence-corrected chi connectivity index (χ3v) is 2.51. The van der Waals surface area contributed by atoms with Gasteiger partial charge in [0.15, 0.2) is 0 Å². The number of nitrogens with one attached hydrogen (secondary N) is 1. The molecule has 0 saturated heterocycles. The molecule has 1 aromatic carbocycles. The fourth-order valence-corrected chi connectivity index (χ4v) is 1.72. The van der Waals surface area contributed by atoms with Gasteiger partial charge in [-0.15, -0.1) is 0 Å². The largest absolute Gasteiger partial charge is 0.380 e. The van der Waals surface area contributed by atoms with Crippen molar-refractivity contribution in [3.05, 3.63) is 33.8 Å². The van der Waals surface area contributed by atoms with Crippen LogP contribution in [0, 0.1) is 0 Å². The van der Waals surface area contributed by atoms with Gasteiger partial charge >= 0.3 is 0 Å². The van der Waals surface area contributed by atoms with Crippen molar-refractivity contribution in [3.8, 4) is 0 Å². The molecule has 0 amide bonds. The molecule has 1 rings (SSSR count). The summed E-state index contributed by atoms with van der Waals surface area (Å²) < 4.78 is 6.02. The van der Waals surface area contributed by atoms with Gasteiger partial charge in [0, 0.05) is 18.1 Å². The summed E-state index contributed by atoms with van der Waals surface area (Å²) in [6, 6.07) is 5.85. The zero-order chi connectivity index (χ0) is 9.68. The van der Waals surface area contributed by atoms with Crippen LogP contribution in [0.25, 0.3) is 0 Å². The van der Waals surface area contributed by atoms with Crippen LogP contribution >= 0.6 is 15.9 Å². The van der Waals surface area contributed by atoms with E-state index in [1.54, 1.807) is 7.11 Å². The number of halogens is 1. The van der Waals surface area contributed by atoms with Crippen LogP contribution in [0.2, 0.25) is 0 Å². The summed E-state index contributed by atoms with van der Waals surface area (Å²) in [5.74, 6) is 0. The van der Waals surface area contributed by atoms with Crippen molar-refractivity contribution in [2.24, 2.45) is 0 Å². The van der Waals surface area contributed by atoms with Crippen molar-refractivity contribution in [1.29, 1.82) is 0 Å². The number of ether oxygens (including phenoxy) is 1. The van der Waals surface area contributed by atoms with E-state index in [-0.39, 0.29) is 0 Å². The molecular formula is C9H12BrNO2. The molecule has 0 aromatic heterocycles. The van der Waals surface area contributed by atoms with E-state index < -0.39 is 0 Å². The first kappa shape index (κ1) is 10.7. The Bertz CT molecular complexity index is 278. The first-order valence-corrected chi connectivity index (χ1v) is 4.71. The van der Waals surface area contributed by atoms with E-state index >= 15 is 0 Å². The predicted octanol–water partition coefficient (Wildman–Crippen LogP) is 2.07. The summed E-state index contributed by atoms with van der Waals surface area (Å²) in [6.45, 7) is 0.969. The van der Waals surface area contributed by atoms with E-state index in [1.807, 2.05) is 18.2 Å². The summed E-state index contributed by atoms with van der Waals surface area (Å²) in [6.07, 6.45) is 0. The summed E-state index contributed by atoms with van der Waals surface area (Å²) in [5.41, 5.74) is 4.23. The average Bonchev–Trinajstić information content (AvgIpc) is 2.11. The molecule has 13 heavy (non-hydrogen) atoms. The molecule has 0 bridgehead atoms. The first-order valence-electron chi connectivity index (χ1n) is 3.91. The SMILES string of the molecule is COCc1cccc(Br)c1CNO. The van der Waals surface area contributed by atoms with Gasteiger partial charge in [-0.1, -0.05) is 28.1 Å². The Labute approximate surface area is 85.8 Å². The maximum Gasteiger partial charge on any atom is 0.0716 e. The molecule has 0 radical (unpaired) electrons. The number of methoxy groups -OCH3 is 1. The van der Waals surface area contributed by atoms with Crippen LogP contribution in [0.1, 0.15) is 11.1 Å². The Hall–Kier alpha value is -0.420. The highest BCUT2D eigenvalue weighted by atomic mass is 79.9. The molecule has 4 heteroatoms. The highest BCUT2D eigenvalue weighted by molar-refractivity contribution is 9.10. The average molecular weight is 246 g/mol. The number of hydroxylamine groups is 1. The maximum atomic E-state index is 8.63. The Morgan fingerprint density at radius 1 is 1.54 bits per heavy atom. The van der Waals surface area contributed by atoms with E-state index in [2.05, 4.69) is 21.4 Å². The Balaban J connectivity index is 2.95. The van der Waals surface area contributed by atoms with Crippen LogP contribution in [-0.4, -0.2) is 12.3 Å². The van der Waals surface area contributed by atoms with Crippen molar-refractivity contribution in [1.82, 2.24) is 5.48 Å². The van der Waals surface area contributed by atoms with Crippen LogP contribution in [0.3, 0.4) is 0 Å². The second-order valence-electron chi connectivity index (χ2n) is 2.65. The van der Waals surface area contributed by atoms with Crippen LogP contribution in [0.4, 0.5) is 0 Å². The summed E-state index contributed by atoms with van der Waals surface area (Å²) in [7, 11) is 1.65. The Kier molecular flexibility index (Phi) is 4.38. The monoisotopic (exact) mass is 245 g/mol. The quantitative estimate of drug-likeness (QED) is 0.799. The zero-order valence-electron chi connectivity index (χ0n) is 7.38. The standard InChI is InChI=1S/C9H12BrNO2/c1-13-6-7-3-2-4-9(10)8(7)5-11-12/h2-4,11-12H,5-6H2,1H3. The lowest BCUT2D eigenvalue weighted by Crippen LogP contribution is -2.09. The minimum atomic E-state index is 0.417. The number of hydrogen-bond donors (Lipinski definition) is 2. The van der Waals surface area contributed by atoms with Gasteiger partial charge in [0.2, 0.25) is 0 Å². The van der Waals surface area contributed by atoms with Crippen molar-refractivity contribution in [3.63, 3.8) is 0 Å². The predicted molar refractivity (Wildman–Crippen MR) is 53.5 cm³/mol. The van der Waals surface area contributed by atoms with E-state index in [4.69, 9.17) is 9.94 Å². The smallest absolute Gasteiger partial charge is 0.0716 e. The number of benzene rings is 1. The second kappa shape index (κ2) is 5.34. The lowest BCUT2D eigenvalue weighted by atomic mass is 10.1. The topological polar surface area (TPSA) is 41.5 Å². The van der Waals surface area contributed by atoms with Gasteiger partial charge in [0.1, 0.15) is 0 Å². The molecular weight excluding hydrogens is 234 g/mol. The molecule has 0 atom stereocenters. The fourth-order valence-electron chi connectivity index (χ4n) is 1.17. The summed E-state index contributed by atoms with van der Waals surface area (Å²) in [5, 5.41) is 8.63. The van der Waals surface area contributed by atoms with Crippen molar-refractivity contribution in [2.45, 2.75) is 13.2 Å². The normalized spacial score (nSPS) is 10.4. The van der Waals surface area contributed by atoms with E-state index in [0.717, 1.165) is 15.6 Å². The summed E-state index contributed by atoms with van der Waals surface area (Å²) >= 11 is 3.41. The second-order valence-corrected chi connectivity index (χ2v) is 3.50. The van der Waals surface area contributed by atoms with Gasteiger partial charge in [0.05, 0.1) is 6.61 Å². The zero-order valence-corrected chi connectivity index (χ0v) is 8.97. The molecule has 0 heterocycles. The van der Waals surface area contributed by atoms with Gasteiger partial charge in [-0.05, 0) is 17.2 Å². The van der Waals surface area contributed by atoms with Crippen molar-refractivity contribution >= 4 is 15.9 Å². The molecule has 1 aromatic rings. The third-order valence-electron chi connectivity index (χ3n) is 1.77. The van der Waals surface area contributed by atoms with Crippen LogP contribution in [0.15, 0.2) is 22.7 Å². The molecule has 2 N–H and O–H groups in total. The summed E-state index contributed by atoms with van der Waals surface area (Å²) in [4.78, 5) is 0. The Morgan fingerprint density at radius 3 is 2.92 bits per heavy atom. The third kappa shape index (κ3) is 2.77. The van der Waals surface area contributed by atoms with Crippen LogP contribution < -0.4 is 5.48 Å². The lowest BCUT2D eigenvalue weighted by Gasteiger charge is -2.09. The van der Waals surface area contributed by atoms with E-state index in [9.17, 15) is 0 Å². The molecule has 0 spiro atoms. The molecule has 0 aliphatic heterocycles. The highest BCUT2D eigenvalue weighted by Crippen LogP contribution is 2.20. The molecule has 72 valence electrons. The van der Waals surface area contributed by atoms with E-state index in [1.165, 1.54) is 0 Å². The van der Waals surface area contributed by atoms with Gasteiger partial charge in [0.25, 0.3) is 0 Å². The molecule has 0 unspecified atom stereocenters. The lowest BCUT2D eigenvalue weighted by molar-refractivity contribution is 0.157. The van der Waals surface area contributed by atoms with Crippen molar-refractivity contribution in [2.75, 3.05) is 7.11 Å². The van der Waals surface area contributed by atoms with Crippen LogP contribution in [0.5, 0.6) is 0 Å². The van der Waals surface area contributed by atoms with Gasteiger partial charge in [-0.2, -0.15) is 0 Å². The number of rotatable bonds is 4. The number of hydrogen-bond acceptors (Lipinski definition) is 3. The van der Waals surface area contributed by atoms with Gasteiger partial charge < -0.3 is 9.94 Å².